The number of carboxylic acids is 8. The smallest absolute Gasteiger partial charge is 0.549 e. The fourth-order valence-corrected chi connectivity index (χ4v) is 1.45. The van der Waals surface area contributed by atoms with Gasteiger partial charge in [0.05, 0.1) is 24.5 Å². The predicted molar refractivity (Wildman–Crippen MR) is 127 cm³/mol. The molecule has 0 fully saturated rings. The van der Waals surface area contributed by atoms with Gasteiger partial charge in [0, 0.05) is 73.5 Å². The van der Waals surface area contributed by atoms with Gasteiger partial charge in [0.1, 0.15) is 0 Å². The third-order valence-electron chi connectivity index (χ3n) is 2.32. The van der Waals surface area contributed by atoms with Gasteiger partial charge in [0.2, 0.25) is 0 Å². The van der Waals surface area contributed by atoms with Gasteiger partial charge in [0.25, 0.3) is 23.9 Å². The number of carbonyl (C=O) groups is 8. The zero-order valence-electron chi connectivity index (χ0n) is 25.4. The number of carboxylic acid groups (broad SMARTS) is 8. The maximum absolute atomic E-state index is 10.5. The van der Waals surface area contributed by atoms with Crippen LogP contribution in [0.5, 0.6) is 0 Å². The third-order valence-corrected chi connectivity index (χ3v) is 2.32. The van der Waals surface area contributed by atoms with E-state index in [1.165, 1.54) is 0 Å². The summed E-state index contributed by atoms with van der Waals surface area (Å²) in [5.41, 5.74) is 9.81. The van der Waals surface area contributed by atoms with Gasteiger partial charge in [-0.3, -0.25) is 33.8 Å². The molecular formula is C20H37N4Na3O16. The standard InChI is InChI=1S/C10H16N2O8.C2H8N2.4C2H4O2.3Na/c13-7(14)3-11(4-8(15)16)1-2-12(5-9(17)18)6-10(19)20;3-1-2-4;4*1-2(3)4;;;/h1-6H2,(H,13,14)(H,15,16)(H,17,18)(H,19,20);1-4H2;4*1H3,(H,3,4);;;/q;;;;;;3*+1/p-3. The summed E-state index contributed by atoms with van der Waals surface area (Å²) < 4.78 is 0. The molecular weight excluding hydrogens is 621 g/mol. The van der Waals surface area contributed by atoms with Crippen LogP contribution in [0.4, 0.5) is 0 Å². The largest absolute Gasteiger partial charge is 1.00 e. The Morgan fingerprint density at radius 1 is 0.488 bits per heavy atom. The minimum absolute atomic E-state index is 0. The van der Waals surface area contributed by atoms with Crippen molar-refractivity contribution in [1.29, 1.82) is 0 Å². The third kappa shape index (κ3) is 143. The van der Waals surface area contributed by atoms with E-state index in [-0.39, 0.29) is 102 Å². The maximum atomic E-state index is 10.5. The van der Waals surface area contributed by atoms with Crippen LogP contribution in [0, 0.1) is 0 Å². The first-order valence-corrected chi connectivity index (χ1v) is 10.5. The van der Waals surface area contributed by atoms with Crippen LogP contribution in [0.1, 0.15) is 27.7 Å². The van der Waals surface area contributed by atoms with Crippen LogP contribution in [0.25, 0.3) is 0 Å². The van der Waals surface area contributed by atoms with Crippen molar-refractivity contribution in [3.63, 3.8) is 0 Å². The van der Waals surface area contributed by atoms with Gasteiger partial charge in [-0.15, -0.1) is 0 Å². The van der Waals surface area contributed by atoms with E-state index in [0.29, 0.717) is 13.1 Å². The molecule has 0 aliphatic carbocycles. The molecule has 0 saturated heterocycles. The fourth-order valence-electron chi connectivity index (χ4n) is 1.45. The molecule has 0 atom stereocenters. The van der Waals surface area contributed by atoms with Crippen molar-refractivity contribution in [2.24, 2.45) is 11.5 Å². The molecule has 0 spiro atoms. The van der Waals surface area contributed by atoms with Crippen LogP contribution < -0.4 is 115 Å². The molecule has 23 heteroatoms. The number of carbonyl (C=O) groups excluding carboxylic acids is 3. The van der Waals surface area contributed by atoms with E-state index < -0.39 is 73.9 Å². The van der Waals surface area contributed by atoms with E-state index >= 15 is 0 Å². The Morgan fingerprint density at radius 3 is 0.767 bits per heavy atom. The summed E-state index contributed by atoms with van der Waals surface area (Å²) in [6.45, 7) is 2.53. The Hall–Kier alpha value is -1.40. The van der Waals surface area contributed by atoms with Gasteiger partial charge < -0.3 is 66.7 Å². The summed E-state index contributed by atoms with van der Waals surface area (Å²) in [5, 5.41) is 69.5. The SMILES string of the molecule is CC(=O)O.CC(=O)O.CC(=O)O.CC(=O)O.NCCN.O=C([O-])CN(CCN(CC(=O)[O-])CC(=O)O)CC(=O)[O-].[Na+].[Na+].[Na+]. The maximum Gasteiger partial charge on any atom is 1.00 e. The molecule has 9 N–H and O–H groups in total. The Morgan fingerprint density at radius 2 is 0.651 bits per heavy atom. The molecule has 0 amide bonds. The average molecular weight is 658 g/mol. The topological polar surface area (TPSA) is 365 Å². The molecule has 43 heavy (non-hydrogen) atoms. The van der Waals surface area contributed by atoms with E-state index in [9.17, 15) is 34.5 Å². The van der Waals surface area contributed by atoms with Crippen molar-refractivity contribution in [2.45, 2.75) is 27.7 Å². The second kappa shape index (κ2) is 47.5. The van der Waals surface area contributed by atoms with Crippen molar-refractivity contribution in [3.05, 3.63) is 0 Å². The van der Waals surface area contributed by atoms with Crippen molar-refractivity contribution in [3.8, 4) is 0 Å². The summed E-state index contributed by atoms with van der Waals surface area (Å²) in [5.74, 6) is -9.15. The molecule has 0 aliphatic rings. The van der Waals surface area contributed by atoms with Gasteiger partial charge >= 0.3 is 94.6 Å². The first-order chi connectivity index (χ1) is 18.0. The Kier molecular flexibility index (Phi) is 71.3. The molecule has 236 valence electrons. The molecule has 0 saturated carbocycles. The molecule has 0 aromatic rings. The van der Waals surface area contributed by atoms with Gasteiger partial charge in [0.15, 0.2) is 0 Å². The number of aliphatic carboxylic acids is 8. The summed E-state index contributed by atoms with van der Waals surface area (Å²) in [6, 6.07) is 0. The molecule has 0 rings (SSSR count). The van der Waals surface area contributed by atoms with Gasteiger partial charge in [-0.05, 0) is 0 Å². The van der Waals surface area contributed by atoms with Gasteiger partial charge in [-0.2, -0.15) is 0 Å². The normalized spacial score (nSPS) is 8.00. The zero-order valence-corrected chi connectivity index (χ0v) is 31.4. The number of nitrogens with two attached hydrogens (primary N) is 2. The molecule has 0 heterocycles. The van der Waals surface area contributed by atoms with Crippen LogP contribution in [0.2, 0.25) is 0 Å². The second-order valence-electron chi connectivity index (χ2n) is 6.58. The van der Waals surface area contributed by atoms with Crippen LogP contribution in [-0.4, -0.2) is 135 Å². The molecule has 0 aliphatic heterocycles. The molecule has 0 radical (unpaired) electrons. The Bertz CT molecular complexity index is 642. The summed E-state index contributed by atoms with van der Waals surface area (Å²) in [4.78, 5) is 79.7. The predicted octanol–water partition coefficient (Wildman–Crippen LogP) is -15.8. The van der Waals surface area contributed by atoms with Crippen LogP contribution >= 0.6 is 0 Å². The Balaban J connectivity index is -0.0000000588. The van der Waals surface area contributed by atoms with Crippen molar-refractivity contribution in [2.75, 3.05) is 52.4 Å². The molecule has 0 aromatic heterocycles. The second-order valence-corrected chi connectivity index (χ2v) is 6.58. The Labute approximate surface area is 314 Å². The van der Waals surface area contributed by atoms with Crippen molar-refractivity contribution in [1.82, 2.24) is 9.80 Å². The van der Waals surface area contributed by atoms with Crippen molar-refractivity contribution < 1.29 is 168 Å². The quantitative estimate of drug-likeness (QED) is 0.0956. The molecule has 20 nitrogen and oxygen atoms in total. The number of hydrogen-bond acceptors (Lipinski definition) is 15. The van der Waals surface area contributed by atoms with E-state index in [2.05, 4.69) is 0 Å². The molecule has 0 bridgehead atoms. The minimum Gasteiger partial charge on any atom is -0.549 e. The zero-order chi connectivity index (χ0) is 33.4. The van der Waals surface area contributed by atoms with E-state index in [4.69, 9.17) is 56.2 Å². The van der Waals surface area contributed by atoms with Crippen LogP contribution in [0.15, 0.2) is 0 Å². The van der Waals surface area contributed by atoms with E-state index in [0.717, 1.165) is 37.5 Å². The summed E-state index contributed by atoms with van der Waals surface area (Å²) in [6.07, 6.45) is 0. The fraction of sp³-hybridized carbons (Fsp3) is 0.600. The summed E-state index contributed by atoms with van der Waals surface area (Å²) >= 11 is 0. The van der Waals surface area contributed by atoms with Crippen LogP contribution in [0.3, 0.4) is 0 Å². The van der Waals surface area contributed by atoms with Gasteiger partial charge in [-0.1, -0.05) is 0 Å². The van der Waals surface area contributed by atoms with Crippen LogP contribution in [-0.2, 0) is 38.4 Å². The number of nitrogens with zero attached hydrogens (tertiary/aromatic N) is 2. The molecule has 0 aromatic carbocycles. The first-order valence-electron chi connectivity index (χ1n) is 10.5. The van der Waals surface area contributed by atoms with E-state index in [1.54, 1.807) is 0 Å². The first kappa shape index (κ1) is 64.5. The number of hydrogen-bond donors (Lipinski definition) is 7. The number of rotatable bonds is 12. The minimum atomic E-state index is -1.52. The average Bonchev–Trinajstić information content (AvgIpc) is 2.68. The molecule has 0 unspecified atom stereocenters. The summed E-state index contributed by atoms with van der Waals surface area (Å²) in [7, 11) is 0. The van der Waals surface area contributed by atoms with Gasteiger partial charge in [-0.25, -0.2) is 0 Å². The van der Waals surface area contributed by atoms with E-state index in [1.807, 2.05) is 0 Å². The monoisotopic (exact) mass is 658 g/mol. The van der Waals surface area contributed by atoms with Crippen molar-refractivity contribution >= 4 is 47.8 Å².